The minimum absolute atomic E-state index is 0.408. The number of rotatable bonds is 8. The van der Waals surface area contributed by atoms with Gasteiger partial charge in [0.15, 0.2) is 0 Å². The number of unbranched alkanes of at least 4 members (excludes halogenated alkanes) is 1. The van der Waals surface area contributed by atoms with Crippen molar-refractivity contribution >= 4 is 11.9 Å². The van der Waals surface area contributed by atoms with Crippen LogP contribution in [-0.4, -0.2) is 18.5 Å². The van der Waals surface area contributed by atoms with Crippen LogP contribution in [0, 0.1) is 5.92 Å². The molecule has 0 aromatic rings. The van der Waals surface area contributed by atoms with Crippen molar-refractivity contribution in [3.63, 3.8) is 0 Å². The third-order valence-corrected chi connectivity index (χ3v) is 2.39. The van der Waals surface area contributed by atoms with Crippen LogP contribution in [0.4, 0.5) is 0 Å². The lowest BCUT2D eigenvalue weighted by molar-refractivity contribution is -0.139. The molecular formula is C12H21NO3. The van der Waals surface area contributed by atoms with E-state index < -0.39 is 11.9 Å². The molecule has 0 heterocycles. The van der Waals surface area contributed by atoms with E-state index in [0.717, 1.165) is 37.8 Å². The van der Waals surface area contributed by atoms with Gasteiger partial charge in [0.2, 0.25) is 5.91 Å². The Labute approximate surface area is 96.8 Å². The summed E-state index contributed by atoms with van der Waals surface area (Å²) in [6.07, 6.45) is 6.43. The van der Waals surface area contributed by atoms with E-state index in [4.69, 9.17) is 10.5 Å². The van der Waals surface area contributed by atoms with Crippen molar-refractivity contribution in [2.45, 2.75) is 39.5 Å². The zero-order valence-corrected chi connectivity index (χ0v) is 10.1. The molecule has 1 atom stereocenters. The lowest BCUT2D eigenvalue weighted by Crippen LogP contribution is -2.13. The number of amides is 1. The quantitative estimate of drug-likeness (QED) is 0.507. The number of carbonyl (C=O) groups is 2. The Kier molecular flexibility index (Phi) is 8.21. The van der Waals surface area contributed by atoms with E-state index in [1.165, 1.54) is 0 Å². The molecule has 0 spiro atoms. The Morgan fingerprint density at radius 2 is 2.00 bits per heavy atom. The summed E-state index contributed by atoms with van der Waals surface area (Å²) in [7, 11) is 0. The van der Waals surface area contributed by atoms with Crippen LogP contribution in [-0.2, 0) is 14.3 Å². The molecule has 0 fully saturated rings. The van der Waals surface area contributed by atoms with Crippen LogP contribution in [0.1, 0.15) is 39.5 Å². The first-order valence-corrected chi connectivity index (χ1v) is 5.74. The fraction of sp³-hybridized carbons (Fsp3) is 0.667. The van der Waals surface area contributed by atoms with Crippen molar-refractivity contribution in [2.24, 2.45) is 11.7 Å². The van der Waals surface area contributed by atoms with Gasteiger partial charge in [-0.1, -0.05) is 33.1 Å². The monoisotopic (exact) mass is 227 g/mol. The highest BCUT2D eigenvalue weighted by Gasteiger charge is 2.08. The van der Waals surface area contributed by atoms with Crippen LogP contribution in [0.2, 0.25) is 0 Å². The summed E-state index contributed by atoms with van der Waals surface area (Å²) in [5.41, 5.74) is 4.86. The van der Waals surface area contributed by atoms with Gasteiger partial charge in [-0.2, -0.15) is 0 Å². The van der Waals surface area contributed by atoms with Crippen LogP contribution >= 0.6 is 0 Å². The second kappa shape index (κ2) is 8.95. The SMILES string of the molecule is CCCCC(CC)COC(=O)C=CC(N)=O. The summed E-state index contributed by atoms with van der Waals surface area (Å²) in [6, 6.07) is 0. The van der Waals surface area contributed by atoms with E-state index >= 15 is 0 Å². The van der Waals surface area contributed by atoms with Gasteiger partial charge in [0, 0.05) is 12.2 Å². The first-order chi connectivity index (χ1) is 7.60. The lowest BCUT2D eigenvalue weighted by atomic mass is 10.0. The Balaban J connectivity index is 3.83. The second-order valence-corrected chi connectivity index (χ2v) is 3.78. The molecule has 0 aromatic carbocycles. The third-order valence-electron chi connectivity index (χ3n) is 2.39. The summed E-state index contributed by atoms with van der Waals surface area (Å²) in [6.45, 7) is 4.63. The average Bonchev–Trinajstić information content (AvgIpc) is 2.26. The Bertz CT molecular complexity index is 249. The predicted molar refractivity (Wildman–Crippen MR) is 62.6 cm³/mol. The zero-order valence-electron chi connectivity index (χ0n) is 10.1. The smallest absolute Gasteiger partial charge is 0.330 e. The minimum atomic E-state index is -0.644. The summed E-state index contributed by atoms with van der Waals surface area (Å²) < 4.78 is 5.01. The lowest BCUT2D eigenvalue weighted by Gasteiger charge is -2.13. The van der Waals surface area contributed by atoms with Gasteiger partial charge in [0.1, 0.15) is 0 Å². The largest absolute Gasteiger partial charge is 0.462 e. The van der Waals surface area contributed by atoms with Crippen molar-refractivity contribution in [3.05, 3.63) is 12.2 Å². The molecule has 0 rings (SSSR count). The molecule has 1 amide bonds. The molecule has 4 heteroatoms. The molecule has 0 radical (unpaired) electrons. The normalized spacial score (nSPS) is 12.6. The van der Waals surface area contributed by atoms with Gasteiger partial charge >= 0.3 is 5.97 Å². The highest BCUT2D eigenvalue weighted by atomic mass is 16.5. The van der Waals surface area contributed by atoms with Crippen LogP contribution in [0.25, 0.3) is 0 Å². The summed E-state index contributed by atoms with van der Waals surface area (Å²) in [5.74, 6) is -0.741. The van der Waals surface area contributed by atoms with Crippen molar-refractivity contribution in [1.29, 1.82) is 0 Å². The van der Waals surface area contributed by atoms with Crippen LogP contribution < -0.4 is 5.73 Å². The highest BCUT2D eigenvalue weighted by molar-refractivity contribution is 5.93. The maximum absolute atomic E-state index is 11.1. The molecule has 92 valence electrons. The summed E-state index contributed by atoms with van der Waals surface area (Å²) in [5, 5.41) is 0. The number of primary amides is 1. The molecule has 0 aliphatic rings. The van der Waals surface area contributed by atoms with Crippen LogP contribution in [0.3, 0.4) is 0 Å². The predicted octanol–water partition coefficient (Wildman–Crippen LogP) is 1.79. The van der Waals surface area contributed by atoms with Gasteiger partial charge in [-0.15, -0.1) is 0 Å². The molecule has 0 bridgehead atoms. The van der Waals surface area contributed by atoms with E-state index in [1.807, 2.05) is 0 Å². The van der Waals surface area contributed by atoms with Gasteiger partial charge in [-0.05, 0) is 12.3 Å². The number of hydrogen-bond donors (Lipinski definition) is 1. The fourth-order valence-electron chi connectivity index (χ4n) is 1.30. The molecule has 1 unspecified atom stereocenters. The summed E-state index contributed by atoms with van der Waals surface area (Å²) >= 11 is 0. The average molecular weight is 227 g/mol. The third kappa shape index (κ3) is 8.03. The number of hydrogen-bond acceptors (Lipinski definition) is 3. The van der Waals surface area contributed by atoms with Crippen LogP contribution in [0.5, 0.6) is 0 Å². The summed E-state index contributed by atoms with van der Waals surface area (Å²) in [4.78, 5) is 21.5. The molecule has 16 heavy (non-hydrogen) atoms. The van der Waals surface area contributed by atoms with Crippen molar-refractivity contribution in [1.82, 2.24) is 0 Å². The first-order valence-electron chi connectivity index (χ1n) is 5.74. The van der Waals surface area contributed by atoms with Crippen molar-refractivity contribution in [3.8, 4) is 0 Å². The van der Waals surface area contributed by atoms with Gasteiger partial charge < -0.3 is 10.5 Å². The van der Waals surface area contributed by atoms with E-state index in [2.05, 4.69) is 13.8 Å². The minimum Gasteiger partial charge on any atom is -0.462 e. The molecule has 4 nitrogen and oxygen atoms in total. The molecule has 0 aromatic heterocycles. The van der Waals surface area contributed by atoms with E-state index in [1.54, 1.807) is 0 Å². The molecular weight excluding hydrogens is 206 g/mol. The van der Waals surface area contributed by atoms with Gasteiger partial charge in [-0.25, -0.2) is 4.79 Å². The highest BCUT2D eigenvalue weighted by Crippen LogP contribution is 2.12. The Morgan fingerprint density at radius 1 is 1.31 bits per heavy atom. The topological polar surface area (TPSA) is 69.4 Å². The molecule has 0 aliphatic heterocycles. The van der Waals surface area contributed by atoms with E-state index in [0.29, 0.717) is 12.5 Å². The molecule has 0 saturated carbocycles. The standard InChI is InChI=1S/C12H21NO3/c1-3-5-6-10(4-2)9-16-12(15)8-7-11(13)14/h7-8,10H,3-6,9H2,1-2H3,(H2,13,14). The second-order valence-electron chi connectivity index (χ2n) is 3.78. The number of esters is 1. The van der Waals surface area contributed by atoms with Gasteiger partial charge in [-0.3, -0.25) is 4.79 Å². The van der Waals surface area contributed by atoms with Crippen LogP contribution in [0.15, 0.2) is 12.2 Å². The molecule has 0 aliphatic carbocycles. The Morgan fingerprint density at radius 3 is 2.50 bits per heavy atom. The van der Waals surface area contributed by atoms with Crippen molar-refractivity contribution in [2.75, 3.05) is 6.61 Å². The first kappa shape index (κ1) is 14.7. The number of ether oxygens (including phenoxy) is 1. The van der Waals surface area contributed by atoms with E-state index in [-0.39, 0.29) is 0 Å². The van der Waals surface area contributed by atoms with Gasteiger partial charge in [0.25, 0.3) is 0 Å². The van der Waals surface area contributed by atoms with Crippen molar-refractivity contribution < 1.29 is 14.3 Å². The Hall–Kier alpha value is -1.32. The number of nitrogens with two attached hydrogens (primary N) is 1. The molecule has 0 saturated heterocycles. The molecule has 2 N–H and O–H groups in total. The van der Waals surface area contributed by atoms with E-state index in [9.17, 15) is 9.59 Å². The zero-order chi connectivity index (χ0) is 12.4. The van der Waals surface area contributed by atoms with Gasteiger partial charge in [0.05, 0.1) is 6.61 Å². The fourth-order valence-corrected chi connectivity index (χ4v) is 1.30. The number of carbonyl (C=O) groups excluding carboxylic acids is 2. The maximum atomic E-state index is 11.1. The maximum Gasteiger partial charge on any atom is 0.330 e.